The molecule has 1 amide bonds. The van der Waals surface area contributed by atoms with E-state index in [0.717, 1.165) is 16.6 Å². The van der Waals surface area contributed by atoms with Gasteiger partial charge >= 0.3 is 0 Å². The number of carbonyl (C=O) groups excluding carboxylic acids is 1. The Labute approximate surface area is 154 Å². The molecular weight excluding hydrogens is 401 g/mol. The minimum atomic E-state index is -0.0540. The molecule has 1 aromatic carbocycles. The van der Waals surface area contributed by atoms with Gasteiger partial charge in [0.15, 0.2) is 0 Å². The monoisotopic (exact) mass is 415 g/mol. The van der Waals surface area contributed by atoms with Gasteiger partial charge in [0.25, 0.3) is 5.91 Å². The number of amides is 1. The van der Waals surface area contributed by atoms with Crippen LogP contribution >= 0.6 is 39.9 Å². The summed E-state index contributed by atoms with van der Waals surface area (Å²) in [5.41, 5.74) is 1.54. The van der Waals surface area contributed by atoms with E-state index < -0.39 is 0 Å². The number of nitrogens with zero attached hydrogens (tertiary/aromatic N) is 2. The van der Waals surface area contributed by atoms with Crippen LogP contribution in [-0.4, -0.2) is 35.4 Å². The SMILES string of the molecule is Cl.O=C(c1cc(Br)ccc1Cl)N1CCNCC1c1cccnc1. The van der Waals surface area contributed by atoms with Crippen molar-refractivity contribution < 1.29 is 4.79 Å². The summed E-state index contributed by atoms with van der Waals surface area (Å²) in [6.07, 6.45) is 3.54. The molecule has 3 rings (SSSR count). The molecule has 1 aromatic heterocycles. The fraction of sp³-hybridized carbons (Fsp3) is 0.250. The van der Waals surface area contributed by atoms with Crippen molar-refractivity contribution in [2.24, 2.45) is 0 Å². The van der Waals surface area contributed by atoms with Gasteiger partial charge in [0.2, 0.25) is 0 Å². The smallest absolute Gasteiger partial charge is 0.256 e. The third kappa shape index (κ3) is 4.04. The Morgan fingerprint density at radius 3 is 2.96 bits per heavy atom. The predicted octanol–water partition coefficient (Wildman–Crippen LogP) is 3.71. The zero-order chi connectivity index (χ0) is 15.5. The van der Waals surface area contributed by atoms with E-state index in [4.69, 9.17) is 11.6 Å². The van der Waals surface area contributed by atoms with Crippen LogP contribution in [0.3, 0.4) is 0 Å². The van der Waals surface area contributed by atoms with Crippen molar-refractivity contribution in [3.05, 3.63) is 63.3 Å². The Balaban J connectivity index is 0.00000192. The first-order valence-corrected chi connectivity index (χ1v) is 8.20. The number of carbonyl (C=O) groups is 1. The van der Waals surface area contributed by atoms with Gasteiger partial charge in [-0.25, -0.2) is 0 Å². The molecule has 1 fully saturated rings. The van der Waals surface area contributed by atoms with Crippen molar-refractivity contribution in [3.63, 3.8) is 0 Å². The molecule has 4 nitrogen and oxygen atoms in total. The van der Waals surface area contributed by atoms with Crippen molar-refractivity contribution in [2.75, 3.05) is 19.6 Å². The second-order valence-electron chi connectivity index (χ2n) is 5.13. The van der Waals surface area contributed by atoms with Gasteiger partial charge in [0, 0.05) is 36.5 Å². The van der Waals surface area contributed by atoms with E-state index >= 15 is 0 Å². The number of hydrogen-bond donors (Lipinski definition) is 1. The van der Waals surface area contributed by atoms with E-state index in [9.17, 15) is 4.79 Å². The second-order valence-corrected chi connectivity index (χ2v) is 6.45. The number of hydrogen-bond acceptors (Lipinski definition) is 3. The fourth-order valence-electron chi connectivity index (χ4n) is 2.63. The summed E-state index contributed by atoms with van der Waals surface area (Å²) in [5, 5.41) is 3.80. The summed E-state index contributed by atoms with van der Waals surface area (Å²) in [4.78, 5) is 18.9. The van der Waals surface area contributed by atoms with E-state index in [2.05, 4.69) is 26.2 Å². The van der Waals surface area contributed by atoms with Gasteiger partial charge < -0.3 is 10.2 Å². The fourth-order valence-corrected chi connectivity index (χ4v) is 3.19. The van der Waals surface area contributed by atoms with Crippen LogP contribution in [0.4, 0.5) is 0 Å². The lowest BCUT2D eigenvalue weighted by atomic mass is 10.0. The molecule has 1 aliphatic rings. The summed E-state index contributed by atoms with van der Waals surface area (Å²) >= 11 is 9.60. The van der Waals surface area contributed by atoms with Crippen molar-refractivity contribution in [1.29, 1.82) is 0 Å². The molecule has 1 aliphatic heterocycles. The minimum absolute atomic E-state index is 0. The van der Waals surface area contributed by atoms with Gasteiger partial charge in [-0.15, -0.1) is 12.4 Å². The highest BCUT2D eigenvalue weighted by Crippen LogP contribution is 2.27. The Hall–Kier alpha value is -1.14. The maximum atomic E-state index is 12.9. The van der Waals surface area contributed by atoms with Crippen molar-refractivity contribution in [3.8, 4) is 0 Å². The Bertz CT molecular complexity index is 684. The topological polar surface area (TPSA) is 45.2 Å². The molecule has 0 spiro atoms. The maximum Gasteiger partial charge on any atom is 0.256 e. The summed E-state index contributed by atoms with van der Waals surface area (Å²) in [6, 6.07) is 9.18. The Morgan fingerprint density at radius 2 is 2.22 bits per heavy atom. The number of halogens is 3. The first-order valence-electron chi connectivity index (χ1n) is 7.03. The third-order valence-corrected chi connectivity index (χ3v) is 4.56. The highest BCUT2D eigenvalue weighted by molar-refractivity contribution is 9.10. The molecule has 122 valence electrons. The van der Waals surface area contributed by atoms with Gasteiger partial charge in [0.1, 0.15) is 0 Å². The molecule has 0 aliphatic carbocycles. The molecule has 1 atom stereocenters. The number of pyridine rings is 1. The lowest BCUT2D eigenvalue weighted by Crippen LogP contribution is -2.48. The normalized spacial score (nSPS) is 17.5. The average Bonchev–Trinajstić information content (AvgIpc) is 2.57. The second kappa shape index (κ2) is 8.11. The maximum absolute atomic E-state index is 12.9. The number of benzene rings is 1. The predicted molar refractivity (Wildman–Crippen MR) is 97.3 cm³/mol. The van der Waals surface area contributed by atoms with Crippen LogP contribution in [0.2, 0.25) is 5.02 Å². The van der Waals surface area contributed by atoms with Crippen molar-refractivity contribution in [1.82, 2.24) is 15.2 Å². The molecule has 2 heterocycles. The van der Waals surface area contributed by atoms with Crippen LogP contribution < -0.4 is 5.32 Å². The molecule has 0 radical (unpaired) electrons. The van der Waals surface area contributed by atoms with Crippen LogP contribution in [0.5, 0.6) is 0 Å². The number of piperazine rings is 1. The van der Waals surface area contributed by atoms with Crippen molar-refractivity contribution >= 4 is 45.8 Å². The van der Waals surface area contributed by atoms with E-state index in [0.29, 0.717) is 23.7 Å². The van der Waals surface area contributed by atoms with Crippen LogP contribution in [0.25, 0.3) is 0 Å². The first kappa shape index (κ1) is 18.2. The molecule has 7 heteroatoms. The minimum Gasteiger partial charge on any atom is -0.329 e. The third-order valence-electron chi connectivity index (χ3n) is 3.73. The number of nitrogens with one attached hydrogen (secondary N) is 1. The van der Waals surface area contributed by atoms with E-state index in [-0.39, 0.29) is 24.4 Å². The number of rotatable bonds is 2. The summed E-state index contributed by atoms with van der Waals surface area (Å²) < 4.78 is 0.841. The molecule has 0 saturated carbocycles. The van der Waals surface area contributed by atoms with Gasteiger partial charge in [-0.3, -0.25) is 9.78 Å². The summed E-state index contributed by atoms with van der Waals surface area (Å²) in [6.45, 7) is 2.12. The van der Waals surface area contributed by atoms with E-state index in [1.807, 2.05) is 23.1 Å². The average molecular weight is 417 g/mol. The first-order chi connectivity index (χ1) is 10.7. The highest BCUT2D eigenvalue weighted by Gasteiger charge is 2.29. The Kier molecular flexibility index (Phi) is 6.41. The molecule has 1 saturated heterocycles. The lowest BCUT2D eigenvalue weighted by Gasteiger charge is -2.36. The standard InChI is InChI=1S/C16H15BrClN3O.ClH/c17-12-3-4-14(18)13(8-12)16(22)21-7-6-20-10-15(21)11-2-1-5-19-9-11;/h1-5,8-9,15,20H,6-7,10H2;1H. The van der Waals surface area contributed by atoms with Crippen LogP contribution in [0.1, 0.15) is 22.0 Å². The molecule has 23 heavy (non-hydrogen) atoms. The lowest BCUT2D eigenvalue weighted by molar-refractivity contribution is 0.0634. The van der Waals surface area contributed by atoms with Gasteiger partial charge in [-0.05, 0) is 29.8 Å². The van der Waals surface area contributed by atoms with Gasteiger partial charge in [-0.1, -0.05) is 33.6 Å². The van der Waals surface area contributed by atoms with Gasteiger partial charge in [0.05, 0.1) is 16.6 Å². The van der Waals surface area contributed by atoms with Gasteiger partial charge in [-0.2, -0.15) is 0 Å². The quantitative estimate of drug-likeness (QED) is 0.811. The molecule has 1 N–H and O–H groups in total. The number of aromatic nitrogens is 1. The van der Waals surface area contributed by atoms with Crippen LogP contribution in [0.15, 0.2) is 47.2 Å². The van der Waals surface area contributed by atoms with E-state index in [1.54, 1.807) is 24.5 Å². The van der Waals surface area contributed by atoms with Crippen molar-refractivity contribution in [2.45, 2.75) is 6.04 Å². The summed E-state index contributed by atoms with van der Waals surface area (Å²) in [7, 11) is 0. The molecule has 2 aromatic rings. The Morgan fingerprint density at radius 1 is 1.39 bits per heavy atom. The molecule has 1 unspecified atom stereocenters. The zero-order valence-electron chi connectivity index (χ0n) is 12.2. The highest BCUT2D eigenvalue weighted by atomic mass is 79.9. The summed E-state index contributed by atoms with van der Waals surface area (Å²) in [5.74, 6) is -0.0540. The van der Waals surface area contributed by atoms with Crippen LogP contribution in [0, 0.1) is 0 Å². The van der Waals surface area contributed by atoms with E-state index in [1.165, 1.54) is 0 Å². The largest absolute Gasteiger partial charge is 0.329 e. The van der Waals surface area contributed by atoms with Crippen LogP contribution in [-0.2, 0) is 0 Å². The molecule has 0 bridgehead atoms. The zero-order valence-corrected chi connectivity index (χ0v) is 15.4. The molecular formula is C16H16BrCl2N3O.